The second-order valence-electron chi connectivity index (χ2n) is 3.57. The van der Waals surface area contributed by atoms with E-state index in [4.69, 9.17) is 16.3 Å². The molecule has 2 aromatic heterocycles. The van der Waals surface area contributed by atoms with Crippen molar-refractivity contribution in [3.8, 4) is 0 Å². The number of pyridine rings is 1. The molecule has 4 nitrogen and oxygen atoms in total. The Morgan fingerprint density at radius 1 is 1.47 bits per heavy atom. The van der Waals surface area contributed by atoms with E-state index in [0.29, 0.717) is 10.8 Å². The van der Waals surface area contributed by atoms with Gasteiger partial charge in [0.1, 0.15) is 17.5 Å². The van der Waals surface area contributed by atoms with Gasteiger partial charge in [-0.2, -0.15) is 0 Å². The van der Waals surface area contributed by atoms with Crippen molar-refractivity contribution >= 4 is 17.6 Å². The second kappa shape index (κ2) is 5.01. The van der Waals surface area contributed by atoms with Gasteiger partial charge in [-0.15, -0.1) is 0 Å². The zero-order valence-electron chi connectivity index (χ0n) is 9.26. The lowest BCUT2D eigenvalue weighted by atomic mass is 10.3. The van der Waals surface area contributed by atoms with Crippen LogP contribution in [0, 0.1) is 0 Å². The van der Waals surface area contributed by atoms with Crippen molar-refractivity contribution in [1.29, 1.82) is 0 Å². The lowest BCUT2D eigenvalue weighted by Gasteiger charge is -2.05. The van der Waals surface area contributed by atoms with Crippen molar-refractivity contribution in [1.82, 2.24) is 9.55 Å². The summed E-state index contributed by atoms with van der Waals surface area (Å²) in [5.74, 6) is -0.354. The van der Waals surface area contributed by atoms with Crippen LogP contribution in [0.15, 0.2) is 36.7 Å². The monoisotopic (exact) mass is 250 g/mol. The number of halogens is 1. The van der Waals surface area contributed by atoms with Gasteiger partial charge in [-0.25, -0.2) is 9.78 Å². The van der Waals surface area contributed by atoms with Crippen molar-refractivity contribution in [3.63, 3.8) is 0 Å². The third-order valence-corrected chi connectivity index (χ3v) is 2.54. The Kier molecular flexibility index (Phi) is 3.44. The van der Waals surface area contributed by atoms with Crippen LogP contribution < -0.4 is 0 Å². The minimum absolute atomic E-state index is 0.189. The molecule has 0 radical (unpaired) electrons. The van der Waals surface area contributed by atoms with Crippen molar-refractivity contribution in [2.45, 2.75) is 6.61 Å². The van der Waals surface area contributed by atoms with Gasteiger partial charge in [0.15, 0.2) is 0 Å². The average Bonchev–Trinajstić information content (AvgIpc) is 2.74. The van der Waals surface area contributed by atoms with Crippen molar-refractivity contribution in [3.05, 3.63) is 53.1 Å². The lowest BCUT2D eigenvalue weighted by Crippen LogP contribution is -2.09. The van der Waals surface area contributed by atoms with Gasteiger partial charge in [0, 0.05) is 25.0 Å². The van der Waals surface area contributed by atoms with E-state index >= 15 is 0 Å². The van der Waals surface area contributed by atoms with Gasteiger partial charge in [-0.05, 0) is 18.2 Å². The van der Waals surface area contributed by atoms with Gasteiger partial charge in [0.25, 0.3) is 0 Å². The molecular formula is C12H11ClN2O2. The molecule has 2 aromatic rings. The Hall–Kier alpha value is -1.81. The molecule has 0 aliphatic rings. The fraction of sp³-hybridized carbons (Fsp3) is 0.167. The Bertz CT molecular complexity index is 520. The molecular weight excluding hydrogens is 240 g/mol. The average molecular weight is 251 g/mol. The number of hydrogen-bond donors (Lipinski definition) is 0. The minimum atomic E-state index is -0.354. The molecule has 0 atom stereocenters. The summed E-state index contributed by atoms with van der Waals surface area (Å²) in [4.78, 5) is 15.6. The number of nitrogens with zero attached hydrogens (tertiary/aromatic N) is 2. The number of carbonyl (C=O) groups is 1. The van der Waals surface area contributed by atoms with Crippen LogP contribution in [0.5, 0.6) is 0 Å². The smallest absolute Gasteiger partial charge is 0.355 e. The molecule has 0 fully saturated rings. The van der Waals surface area contributed by atoms with Gasteiger partial charge in [0.2, 0.25) is 0 Å². The number of carbonyl (C=O) groups excluding carboxylic acids is 1. The highest BCUT2D eigenvalue weighted by atomic mass is 35.5. The van der Waals surface area contributed by atoms with E-state index in [9.17, 15) is 4.79 Å². The predicted octanol–water partition coefficient (Wildman–Crippen LogP) is 2.43. The molecule has 0 saturated carbocycles. The SMILES string of the molecule is Cn1cccc1C(=O)OCc1ccc(Cl)nc1. The summed E-state index contributed by atoms with van der Waals surface area (Å²) >= 11 is 5.65. The largest absolute Gasteiger partial charge is 0.456 e. The summed E-state index contributed by atoms with van der Waals surface area (Å²) < 4.78 is 6.86. The summed E-state index contributed by atoms with van der Waals surface area (Å²) in [6, 6.07) is 6.93. The van der Waals surface area contributed by atoms with E-state index in [-0.39, 0.29) is 12.6 Å². The van der Waals surface area contributed by atoms with Crippen LogP contribution in [0.4, 0.5) is 0 Å². The maximum atomic E-state index is 11.7. The Morgan fingerprint density at radius 2 is 2.29 bits per heavy atom. The second-order valence-corrected chi connectivity index (χ2v) is 3.96. The number of hydrogen-bond acceptors (Lipinski definition) is 3. The van der Waals surface area contributed by atoms with Crippen molar-refractivity contribution in [2.24, 2.45) is 7.05 Å². The molecule has 0 N–H and O–H groups in total. The van der Waals surface area contributed by atoms with E-state index in [0.717, 1.165) is 5.56 Å². The molecule has 0 aliphatic heterocycles. The highest BCUT2D eigenvalue weighted by Crippen LogP contribution is 2.08. The highest BCUT2D eigenvalue weighted by molar-refractivity contribution is 6.29. The predicted molar refractivity (Wildman–Crippen MR) is 63.8 cm³/mol. The zero-order valence-corrected chi connectivity index (χ0v) is 10.0. The minimum Gasteiger partial charge on any atom is -0.456 e. The maximum absolute atomic E-state index is 11.7. The molecule has 0 unspecified atom stereocenters. The molecule has 0 aliphatic carbocycles. The van der Waals surface area contributed by atoms with Crippen LogP contribution in [0.25, 0.3) is 0 Å². The third kappa shape index (κ3) is 2.85. The quantitative estimate of drug-likeness (QED) is 0.621. The van der Waals surface area contributed by atoms with Crippen LogP contribution in [0.1, 0.15) is 16.1 Å². The van der Waals surface area contributed by atoms with Gasteiger partial charge >= 0.3 is 5.97 Å². The fourth-order valence-corrected chi connectivity index (χ4v) is 1.50. The molecule has 0 spiro atoms. The number of ether oxygens (including phenoxy) is 1. The summed E-state index contributed by atoms with van der Waals surface area (Å²) in [5.41, 5.74) is 1.32. The first-order valence-electron chi connectivity index (χ1n) is 5.05. The zero-order chi connectivity index (χ0) is 12.3. The Labute approximate surface area is 104 Å². The third-order valence-electron chi connectivity index (χ3n) is 2.31. The lowest BCUT2D eigenvalue weighted by molar-refractivity contribution is 0.0461. The van der Waals surface area contributed by atoms with Crippen molar-refractivity contribution < 1.29 is 9.53 Å². The molecule has 2 heterocycles. The first kappa shape index (κ1) is 11.7. The highest BCUT2D eigenvalue weighted by Gasteiger charge is 2.10. The van der Waals surface area contributed by atoms with E-state index < -0.39 is 0 Å². The van der Waals surface area contributed by atoms with Crippen molar-refractivity contribution in [2.75, 3.05) is 0 Å². The molecule has 88 valence electrons. The van der Waals surface area contributed by atoms with Gasteiger partial charge in [-0.3, -0.25) is 0 Å². The Balaban J connectivity index is 1.97. The first-order valence-corrected chi connectivity index (χ1v) is 5.43. The van der Waals surface area contributed by atoms with E-state index in [1.807, 2.05) is 0 Å². The van der Waals surface area contributed by atoms with Gasteiger partial charge in [-0.1, -0.05) is 17.7 Å². The molecule has 5 heteroatoms. The van der Waals surface area contributed by atoms with Crippen LogP contribution in [-0.2, 0) is 18.4 Å². The number of rotatable bonds is 3. The van der Waals surface area contributed by atoms with Crippen LogP contribution in [-0.4, -0.2) is 15.5 Å². The molecule has 0 aromatic carbocycles. The van der Waals surface area contributed by atoms with Gasteiger partial charge < -0.3 is 9.30 Å². The Morgan fingerprint density at radius 3 is 2.88 bits per heavy atom. The summed E-state index contributed by atoms with van der Waals surface area (Å²) in [7, 11) is 1.79. The molecule has 17 heavy (non-hydrogen) atoms. The molecule has 0 saturated heterocycles. The maximum Gasteiger partial charge on any atom is 0.355 e. The first-order chi connectivity index (χ1) is 8.16. The normalized spacial score (nSPS) is 10.2. The summed E-state index contributed by atoms with van der Waals surface area (Å²) in [6.45, 7) is 0.189. The standard InChI is InChI=1S/C12H11ClN2O2/c1-15-6-2-3-10(15)12(16)17-8-9-4-5-11(13)14-7-9/h2-7H,8H2,1H3. The number of esters is 1. The van der Waals surface area contributed by atoms with E-state index in [2.05, 4.69) is 4.98 Å². The topological polar surface area (TPSA) is 44.1 Å². The summed E-state index contributed by atoms with van der Waals surface area (Å²) in [5, 5.41) is 0.419. The molecule has 0 bridgehead atoms. The van der Waals surface area contributed by atoms with Gasteiger partial charge in [0.05, 0.1) is 0 Å². The fourth-order valence-electron chi connectivity index (χ4n) is 1.39. The van der Waals surface area contributed by atoms with Crippen LogP contribution in [0.2, 0.25) is 5.15 Å². The number of aryl methyl sites for hydroxylation is 1. The van der Waals surface area contributed by atoms with Crippen LogP contribution in [0.3, 0.4) is 0 Å². The van der Waals surface area contributed by atoms with E-state index in [1.54, 1.807) is 48.3 Å². The molecule has 2 rings (SSSR count). The van der Waals surface area contributed by atoms with E-state index in [1.165, 1.54) is 0 Å². The van der Waals surface area contributed by atoms with Crippen LogP contribution >= 0.6 is 11.6 Å². The summed E-state index contributed by atoms with van der Waals surface area (Å²) in [6.07, 6.45) is 3.38. The molecule has 0 amide bonds. The number of aromatic nitrogens is 2.